The number of hydrogen-bond donors (Lipinski definition) is 3. The second-order valence-electron chi connectivity index (χ2n) is 3.12. The fraction of sp³-hybridized carbons (Fsp3) is 0.100. The molecule has 0 aliphatic rings. The van der Waals surface area contributed by atoms with Crippen LogP contribution in [0.1, 0.15) is 5.56 Å². The highest BCUT2D eigenvalue weighted by Gasteiger charge is 2.11. The van der Waals surface area contributed by atoms with Gasteiger partial charge in [-0.2, -0.15) is 0 Å². The topological polar surface area (TPSA) is 67.1 Å². The largest absolute Gasteiger partial charge is 0.326 e. The molecule has 0 aromatic heterocycles. The summed E-state index contributed by atoms with van der Waals surface area (Å²) in [6.45, 7) is -0.0535. The molecule has 0 heterocycles. The van der Waals surface area contributed by atoms with Gasteiger partial charge in [-0.05, 0) is 12.1 Å². The van der Waals surface area contributed by atoms with E-state index in [-0.39, 0.29) is 27.4 Å². The molecule has 98 valence electrons. The van der Waals surface area contributed by atoms with E-state index < -0.39 is 11.8 Å². The zero-order valence-electron chi connectivity index (χ0n) is 8.94. The first-order valence-electron chi connectivity index (χ1n) is 4.72. The number of halogens is 4. The standard InChI is InChI=1S/C10H9Cl3FN3O/c11-8(12)9(13)17-10(18)16-7-3-1-2-6(14)5(7)4-15/h1-3H,4,15H2,(H2,16,17,18). The van der Waals surface area contributed by atoms with Crippen molar-refractivity contribution in [2.24, 2.45) is 5.73 Å². The van der Waals surface area contributed by atoms with Crippen LogP contribution in [-0.2, 0) is 6.54 Å². The predicted molar refractivity (Wildman–Crippen MR) is 71.0 cm³/mol. The van der Waals surface area contributed by atoms with Gasteiger partial charge in [0.05, 0.1) is 0 Å². The lowest BCUT2D eigenvalue weighted by molar-refractivity contribution is 0.254. The SMILES string of the molecule is NCc1c(F)cccc1NC(=O)NC(Cl)=C(Cl)Cl. The van der Waals surface area contributed by atoms with E-state index in [1.54, 1.807) is 0 Å². The van der Waals surface area contributed by atoms with Crippen molar-refractivity contribution in [3.05, 3.63) is 39.2 Å². The van der Waals surface area contributed by atoms with Crippen molar-refractivity contribution in [2.45, 2.75) is 6.54 Å². The van der Waals surface area contributed by atoms with Crippen molar-refractivity contribution in [3.8, 4) is 0 Å². The highest BCUT2D eigenvalue weighted by atomic mass is 35.5. The molecule has 0 fully saturated rings. The number of carbonyl (C=O) groups is 1. The molecule has 0 spiro atoms. The third-order valence-corrected chi connectivity index (χ3v) is 2.82. The fourth-order valence-electron chi connectivity index (χ4n) is 1.18. The molecule has 8 heteroatoms. The maximum Gasteiger partial charge on any atom is 0.324 e. The Hall–Kier alpha value is -1.01. The van der Waals surface area contributed by atoms with E-state index in [4.69, 9.17) is 40.5 Å². The van der Waals surface area contributed by atoms with Gasteiger partial charge in [-0.3, -0.25) is 5.32 Å². The molecule has 0 atom stereocenters. The molecule has 0 saturated heterocycles. The summed E-state index contributed by atoms with van der Waals surface area (Å²) in [5.41, 5.74) is 5.81. The molecule has 1 aromatic rings. The second-order valence-corrected chi connectivity index (χ2v) is 4.45. The Balaban J connectivity index is 2.83. The quantitative estimate of drug-likeness (QED) is 0.750. The molecule has 0 radical (unpaired) electrons. The van der Waals surface area contributed by atoms with Gasteiger partial charge in [0.1, 0.15) is 15.5 Å². The summed E-state index contributed by atoms with van der Waals surface area (Å²) in [5, 5.41) is 4.31. The summed E-state index contributed by atoms with van der Waals surface area (Å²) >= 11 is 16.2. The molecule has 4 nitrogen and oxygen atoms in total. The third kappa shape index (κ3) is 4.03. The third-order valence-electron chi connectivity index (χ3n) is 1.96. The van der Waals surface area contributed by atoms with Gasteiger partial charge in [0.15, 0.2) is 0 Å². The van der Waals surface area contributed by atoms with Crippen molar-refractivity contribution in [1.29, 1.82) is 0 Å². The first-order valence-corrected chi connectivity index (χ1v) is 5.85. The molecule has 4 N–H and O–H groups in total. The Morgan fingerprint density at radius 2 is 2.00 bits per heavy atom. The van der Waals surface area contributed by atoms with Gasteiger partial charge in [0.2, 0.25) is 0 Å². The second kappa shape index (κ2) is 6.80. The minimum Gasteiger partial charge on any atom is -0.326 e. The van der Waals surface area contributed by atoms with Crippen LogP contribution in [0.4, 0.5) is 14.9 Å². The number of nitrogens with two attached hydrogens (primary N) is 1. The molecule has 0 unspecified atom stereocenters. The Bertz CT molecular complexity index is 489. The zero-order valence-corrected chi connectivity index (χ0v) is 11.2. The van der Waals surface area contributed by atoms with Gasteiger partial charge < -0.3 is 11.1 Å². The molecular formula is C10H9Cl3FN3O. The van der Waals surface area contributed by atoms with Crippen LogP contribution in [-0.4, -0.2) is 6.03 Å². The number of nitrogens with one attached hydrogen (secondary N) is 2. The molecule has 0 aliphatic carbocycles. The summed E-state index contributed by atoms with van der Waals surface area (Å²) in [6.07, 6.45) is 0. The van der Waals surface area contributed by atoms with Crippen molar-refractivity contribution in [1.82, 2.24) is 5.32 Å². The van der Waals surface area contributed by atoms with Crippen molar-refractivity contribution in [2.75, 3.05) is 5.32 Å². The summed E-state index contributed by atoms with van der Waals surface area (Å²) in [5.74, 6) is -0.507. The lowest BCUT2D eigenvalue weighted by atomic mass is 10.1. The molecule has 18 heavy (non-hydrogen) atoms. The first kappa shape index (κ1) is 15.0. The van der Waals surface area contributed by atoms with Gasteiger partial charge in [0, 0.05) is 17.8 Å². The van der Waals surface area contributed by atoms with E-state index in [9.17, 15) is 9.18 Å². The molecule has 0 aliphatic heterocycles. The molecule has 0 saturated carbocycles. The van der Waals surface area contributed by atoms with Crippen LogP contribution >= 0.6 is 34.8 Å². The Morgan fingerprint density at radius 3 is 2.56 bits per heavy atom. The van der Waals surface area contributed by atoms with E-state index in [1.807, 2.05) is 0 Å². The average Bonchev–Trinajstić information content (AvgIpc) is 2.28. The van der Waals surface area contributed by atoms with Crippen molar-refractivity contribution < 1.29 is 9.18 Å². The fourth-order valence-corrected chi connectivity index (χ4v) is 1.36. The minimum absolute atomic E-state index is 0.0535. The number of amides is 2. The van der Waals surface area contributed by atoms with Crippen molar-refractivity contribution >= 4 is 46.5 Å². The monoisotopic (exact) mass is 311 g/mol. The Labute approximate surface area is 118 Å². The van der Waals surface area contributed by atoms with E-state index >= 15 is 0 Å². The summed E-state index contributed by atoms with van der Waals surface area (Å²) in [6, 6.07) is 3.48. The number of rotatable bonds is 3. The van der Waals surface area contributed by atoms with Crippen molar-refractivity contribution in [3.63, 3.8) is 0 Å². The number of anilines is 1. The molecule has 1 rings (SSSR count). The molecule has 0 bridgehead atoms. The lowest BCUT2D eigenvalue weighted by Gasteiger charge is -2.11. The van der Waals surface area contributed by atoms with E-state index in [0.29, 0.717) is 0 Å². The smallest absolute Gasteiger partial charge is 0.324 e. The van der Waals surface area contributed by atoms with E-state index in [1.165, 1.54) is 18.2 Å². The predicted octanol–water partition coefficient (Wildman–Crippen LogP) is 3.25. The summed E-state index contributed by atoms with van der Waals surface area (Å²) in [7, 11) is 0. The van der Waals surface area contributed by atoms with E-state index in [2.05, 4.69) is 10.6 Å². The minimum atomic E-state index is -0.709. The Morgan fingerprint density at radius 1 is 1.33 bits per heavy atom. The number of benzene rings is 1. The van der Waals surface area contributed by atoms with Crippen LogP contribution in [0.15, 0.2) is 27.8 Å². The molecule has 2 amide bonds. The number of hydrogen-bond acceptors (Lipinski definition) is 2. The van der Waals surface area contributed by atoms with Crippen LogP contribution in [0, 0.1) is 5.82 Å². The van der Waals surface area contributed by atoms with Gasteiger partial charge in [-0.15, -0.1) is 0 Å². The molecular weight excluding hydrogens is 303 g/mol. The zero-order chi connectivity index (χ0) is 13.7. The van der Waals surface area contributed by atoms with Gasteiger partial charge in [0.25, 0.3) is 0 Å². The van der Waals surface area contributed by atoms with Gasteiger partial charge in [-0.25, -0.2) is 9.18 Å². The maximum atomic E-state index is 13.4. The van der Waals surface area contributed by atoms with Gasteiger partial charge >= 0.3 is 6.03 Å². The van der Waals surface area contributed by atoms with Crippen LogP contribution in [0.3, 0.4) is 0 Å². The van der Waals surface area contributed by atoms with Crippen LogP contribution in [0.25, 0.3) is 0 Å². The van der Waals surface area contributed by atoms with E-state index in [0.717, 1.165) is 0 Å². The Kier molecular flexibility index (Phi) is 5.68. The maximum absolute atomic E-state index is 13.4. The number of urea groups is 1. The van der Waals surface area contributed by atoms with Crippen LogP contribution in [0.5, 0.6) is 0 Å². The van der Waals surface area contributed by atoms with Gasteiger partial charge in [-0.1, -0.05) is 40.9 Å². The normalized spacial score (nSPS) is 9.83. The highest BCUT2D eigenvalue weighted by molar-refractivity contribution is 6.59. The molecule has 1 aromatic carbocycles. The van der Waals surface area contributed by atoms with Crippen LogP contribution in [0.2, 0.25) is 0 Å². The summed E-state index contributed by atoms with van der Waals surface area (Å²) < 4.78 is 13.1. The average molecular weight is 313 g/mol. The van der Waals surface area contributed by atoms with Crippen LogP contribution < -0.4 is 16.4 Å². The summed E-state index contributed by atoms with van der Waals surface area (Å²) in [4.78, 5) is 11.5. The first-order chi connectivity index (χ1) is 8.45. The lowest BCUT2D eigenvalue weighted by Crippen LogP contribution is -2.27. The highest BCUT2D eigenvalue weighted by Crippen LogP contribution is 2.19. The number of carbonyl (C=O) groups excluding carboxylic acids is 1.